The average Bonchev–Trinajstić information content (AvgIpc) is 2.64. The molecular weight excluding hydrogens is 312 g/mol. The predicted octanol–water partition coefficient (Wildman–Crippen LogP) is 2.60. The summed E-state index contributed by atoms with van der Waals surface area (Å²) >= 11 is 0. The molecule has 0 atom stereocenters. The van der Waals surface area contributed by atoms with Gasteiger partial charge in [0.05, 0.1) is 19.8 Å². The molecule has 0 N–H and O–H groups in total. The van der Waals surface area contributed by atoms with Crippen molar-refractivity contribution in [1.82, 2.24) is 0 Å². The van der Waals surface area contributed by atoms with E-state index in [-0.39, 0.29) is 13.2 Å². The number of ether oxygens (including phenoxy) is 4. The van der Waals surface area contributed by atoms with Crippen LogP contribution in [0.15, 0.2) is 48.5 Å². The fourth-order valence-corrected chi connectivity index (χ4v) is 1.94. The minimum absolute atomic E-state index is 0.0928. The van der Waals surface area contributed by atoms with Crippen LogP contribution in [0.4, 0.5) is 0 Å². The Morgan fingerprint density at radius 1 is 0.917 bits per heavy atom. The standard InChI is InChI=1S/C18H18O6/c1-21-15-5-3-4-6-16(15)23-12-17(19)24-11-13-7-9-14(10-8-13)18(20)22-2/h3-10H,11-12H2,1-2H3. The van der Waals surface area contributed by atoms with E-state index in [1.165, 1.54) is 14.2 Å². The lowest BCUT2D eigenvalue weighted by molar-refractivity contribution is -0.147. The molecule has 2 aromatic rings. The summed E-state index contributed by atoms with van der Waals surface area (Å²) in [7, 11) is 2.85. The number of carbonyl (C=O) groups excluding carboxylic acids is 2. The Morgan fingerprint density at radius 3 is 2.21 bits per heavy atom. The maximum absolute atomic E-state index is 11.7. The van der Waals surface area contributed by atoms with Gasteiger partial charge >= 0.3 is 11.9 Å². The first-order valence-corrected chi connectivity index (χ1v) is 7.22. The van der Waals surface area contributed by atoms with E-state index in [2.05, 4.69) is 4.74 Å². The second kappa shape index (κ2) is 8.57. The summed E-state index contributed by atoms with van der Waals surface area (Å²) in [6, 6.07) is 13.6. The molecule has 0 aliphatic rings. The van der Waals surface area contributed by atoms with Gasteiger partial charge in [-0.3, -0.25) is 0 Å². The monoisotopic (exact) mass is 330 g/mol. The summed E-state index contributed by atoms with van der Waals surface area (Å²) in [5, 5.41) is 0. The van der Waals surface area contributed by atoms with Crippen molar-refractivity contribution in [2.24, 2.45) is 0 Å². The summed E-state index contributed by atoms with van der Waals surface area (Å²) in [5.41, 5.74) is 1.19. The van der Waals surface area contributed by atoms with Gasteiger partial charge in [-0.15, -0.1) is 0 Å². The van der Waals surface area contributed by atoms with E-state index >= 15 is 0 Å². The van der Waals surface area contributed by atoms with Crippen molar-refractivity contribution < 1.29 is 28.5 Å². The average molecular weight is 330 g/mol. The van der Waals surface area contributed by atoms with Gasteiger partial charge in [0.1, 0.15) is 6.61 Å². The van der Waals surface area contributed by atoms with Crippen molar-refractivity contribution in [3.63, 3.8) is 0 Å². The Labute approximate surface area is 139 Å². The van der Waals surface area contributed by atoms with Gasteiger partial charge in [0.25, 0.3) is 0 Å². The molecule has 24 heavy (non-hydrogen) atoms. The fraction of sp³-hybridized carbons (Fsp3) is 0.222. The van der Waals surface area contributed by atoms with Gasteiger partial charge < -0.3 is 18.9 Å². The van der Waals surface area contributed by atoms with E-state index < -0.39 is 11.9 Å². The molecule has 0 heterocycles. The zero-order chi connectivity index (χ0) is 17.4. The lowest BCUT2D eigenvalue weighted by atomic mass is 10.1. The molecule has 6 nitrogen and oxygen atoms in total. The Bertz CT molecular complexity index is 693. The number of hydrogen-bond acceptors (Lipinski definition) is 6. The molecule has 6 heteroatoms. The molecule has 0 spiro atoms. The molecule has 0 fully saturated rings. The first-order chi connectivity index (χ1) is 11.6. The zero-order valence-electron chi connectivity index (χ0n) is 13.5. The lowest BCUT2D eigenvalue weighted by Gasteiger charge is -2.10. The van der Waals surface area contributed by atoms with Crippen LogP contribution in [0.2, 0.25) is 0 Å². The van der Waals surface area contributed by atoms with Crippen LogP contribution < -0.4 is 9.47 Å². The second-order valence-corrected chi connectivity index (χ2v) is 4.79. The van der Waals surface area contributed by atoms with Crippen LogP contribution in [-0.4, -0.2) is 32.8 Å². The largest absolute Gasteiger partial charge is 0.493 e. The molecule has 2 aromatic carbocycles. The van der Waals surface area contributed by atoms with Gasteiger partial charge in [0.2, 0.25) is 0 Å². The molecule has 0 aromatic heterocycles. The number of hydrogen-bond donors (Lipinski definition) is 0. The van der Waals surface area contributed by atoms with E-state index in [1.54, 1.807) is 42.5 Å². The Morgan fingerprint density at radius 2 is 1.58 bits per heavy atom. The van der Waals surface area contributed by atoms with Crippen LogP contribution >= 0.6 is 0 Å². The summed E-state index contributed by atoms with van der Waals surface area (Å²) in [6.45, 7) is -0.129. The van der Waals surface area contributed by atoms with Crippen molar-refractivity contribution in [3.8, 4) is 11.5 Å². The van der Waals surface area contributed by atoms with E-state index in [0.717, 1.165) is 5.56 Å². The maximum atomic E-state index is 11.7. The molecule has 0 radical (unpaired) electrons. The van der Waals surface area contributed by atoms with Crippen LogP contribution in [0, 0.1) is 0 Å². The number of esters is 2. The first kappa shape index (κ1) is 17.3. The molecule has 0 unspecified atom stereocenters. The van der Waals surface area contributed by atoms with Crippen LogP contribution in [0.1, 0.15) is 15.9 Å². The molecule has 2 rings (SSSR count). The second-order valence-electron chi connectivity index (χ2n) is 4.79. The SMILES string of the molecule is COC(=O)c1ccc(COC(=O)COc2ccccc2OC)cc1. The smallest absolute Gasteiger partial charge is 0.344 e. The highest BCUT2D eigenvalue weighted by molar-refractivity contribution is 5.89. The van der Waals surface area contributed by atoms with E-state index in [9.17, 15) is 9.59 Å². The van der Waals surface area contributed by atoms with Crippen molar-refractivity contribution in [2.45, 2.75) is 6.61 Å². The highest BCUT2D eigenvalue weighted by Crippen LogP contribution is 2.25. The minimum atomic E-state index is -0.502. The topological polar surface area (TPSA) is 71.1 Å². The summed E-state index contributed by atoms with van der Waals surface area (Å²) in [6.07, 6.45) is 0. The van der Waals surface area contributed by atoms with Crippen LogP contribution in [0.25, 0.3) is 0 Å². The molecule has 0 bridgehead atoms. The third-order valence-corrected chi connectivity index (χ3v) is 3.19. The third kappa shape index (κ3) is 4.74. The molecular formula is C18H18O6. The maximum Gasteiger partial charge on any atom is 0.344 e. The summed E-state index contributed by atoms with van der Waals surface area (Å²) < 4.78 is 20.3. The molecule has 0 saturated heterocycles. The van der Waals surface area contributed by atoms with Crippen molar-refractivity contribution in [2.75, 3.05) is 20.8 Å². The molecule has 0 saturated carbocycles. The Balaban J connectivity index is 1.82. The molecule has 126 valence electrons. The summed E-state index contributed by atoms with van der Waals surface area (Å²) in [4.78, 5) is 23.1. The lowest BCUT2D eigenvalue weighted by Crippen LogP contribution is -2.15. The number of carbonyl (C=O) groups is 2. The fourth-order valence-electron chi connectivity index (χ4n) is 1.94. The Hall–Kier alpha value is -3.02. The number of rotatable bonds is 7. The van der Waals surface area contributed by atoms with Gasteiger partial charge in [-0.2, -0.15) is 0 Å². The third-order valence-electron chi connectivity index (χ3n) is 3.19. The molecule has 0 amide bonds. The number of benzene rings is 2. The van der Waals surface area contributed by atoms with Gasteiger partial charge in [-0.25, -0.2) is 9.59 Å². The van der Waals surface area contributed by atoms with Crippen molar-refractivity contribution in [1.29, 1.82) is 0 Å². The quantitative estimate of drug-likeness (QED) is 0.727. The Kier molecular flexibility index (Phi) is 6.19. The van der Waals surface area contributed by atoms with Crippen LogP contribution in [0.5, 0.6) is 11.5 Å². The molecule has 0 aliphatic heterocycles. The number of para-hydroxylation sites is 2. The summed E-state index contributed by atoms with van der Waals surface area (Å²) in [5.74, 6) is 0.102. The molecule has 0 aliphatic carbocycles. The highest BCUT2D eigenvalue weighted by Gasteiger charge is 2.09. The zero-order valence-corrected chi connectivity index (χ0v) is 13.5. The predicted molar refractivity (Wildman–Crippen MR) is 86.1 cm³/mol. The van der Waals surface area contributed by atoms with E-state index in [4.69, 9.17) is 14.2 Å². The van der Waals surface area contributed by atoms with Gasteiger partial charge in [-0.1, -0.05) is 24.3 Å². The van der Waals surface area contributed by atoms with Gasteiger partial charge in [0, 0.05) is 0 Å². The van der Waals surface area contributed by atoms with E-state index in [0.29, 0.717) is 17.1 Å². The normalized spacial score (nSPS) is 9.92. The van der Waals surface area contributed by atoms with Gasteiger partial charge in [-0.05, 0) is 29.8 Å². The highest BCUT2D eigenvalue weighted by atomic mass is 16.6. The minimum Gasteiger partial charge on any atom is -0.493 e. The van der Waals surface area contributed by atoms with Crippen LogP contribution in [-0.2, 0) is 20.9 Å². The number of methoxy groups -OCH3 is 2. The van der Waals surface area contributed by atoms with Crippen molar-refractivity contribution >= 4 is 11.9 Å². The van der Waals surface area contributed by atoms with Crippen LogP contribution in [0.3, 0.4) is 0 Å². The van der Waals surface area contributed by atoms with Crippen molar-refractivity contribution in [3.05, 3.63) is 59.7 Å². The van der Waals surface area contributed by atoms with Gasteiger partial charge in [0.15, 0.2) is 18.1 Å². The first-order valence-electron chi connectivity index (χ1n) is 7.22. The van der Waals surface area contributed by atoms with E-state index in [1.807, 2.05) is 6.07 Å².